The van der Waals surface area contributed by atoms with Crippen LogP contribution < -0.4 is 5.32 Å². The van der Waals surface area contributed by atoms with Gasteiger partial charge in [-0.15, -0.1) is 0 Å². The van der Waals surface area contributed by atoms with Gasteiger partial charge in [0.15, 0.2) is 0 Å². The van der Waals surface area contributed by atoms with Crippen LogP contribution in [0.2, 0.25) is 0 Å². The highest BCUT2D eigenvalue weighted by Crippen LogP contribution is 2.08. The van der Waals surface area contributed by atoms with Gasteiger partial charge in [0, 0.05) is 7.05 Å². The lowest BCUT2D eigenvalue weighted by Gasteiger charge is -2.06. The van der Waals surface area contributed by atoms with Gasteiger partial charge in [0.25, 0.3) is 0 Å². The first-order valence-electron chi connectivity index (χ1n) is 3.14. The monoisotopic (exact) mass is 142 g/mol. The predicted octanol–water partition coefficient (Wildman–Crippen LogP) is -1.04. The van der Waals surface area contributed by atoms with Crippen molar-refractivity contribution in [2.75, 3.05) is 14.1 Å². The summed E-state index contributed by atoms with van der Waals surface area (Å²) in [7, 11) is 3.18. The summed E-state index contributed by atoms with van der Waals surface area (Å²) >= 11 is 0. The molecule has 0 spiro atoms. The number of rotatable bonds is 1. The number of carbonyl (C=O) groups is 2. The fourth-order valence-corrected chi connectivity index (χ4v) is 0.981. The Kier molecular flexibility index (Phi) is 1.72. The summed E-state index contributed by atoms with van der Waals surface area (Å²) in [6.45, 7) is 0. The summed E-state index contributed by atoms with van der Waals surface area (Å²) in [6.07, 6.45) is 0.297. The van der Waals surface area contributed by atoms with E-state index in [9.17, 15) is 9.59 Å². The quantitative estimate of drug-likeness (QED) is 0.476. The van der Waals surface area contributed by atoms with Gasteiger partial charge in [-0.25, -0.2) is 0 Å². The number of likely N-dealkylation sites (tertiary alicyclic amines) is 1. The Morgan fingerprint density at radius 1 is 1.60 bits per heavy atom. The molecule has 1 atom stereocenters. The van der Waals surface area contributed by atoms with Crippen molar-refractivity contribution in [3.8, 4) is 0 Å². The molecule has 1 aliphatic rings. The molecule has 0 bridgehead atoms. The summed E-state index contributed by atoms with van der Waals surface area (Å²) in [5.74, 6) is -0.239. The van der Waals surface area contributed by atoms with E-state index < -0.39 is 0 Å². The molecule has 4 heteroatoms. The van der Waals surface area contributed by atoms with E-state index in [1.165, 1.54) is 7.05 Å². The number of nitrogens with zero attached hydrogens (tertiary/aromatic N) is 1. The lowest BCUT2D eigenvalue weighted by Crippen LogP contribution is -2.34. The fraction of sp³-hybridized carbons (Fsp3) is 0.667. The van der Waals surface area contributed by atoms with Gasteiger partial charge in [-0.1, -0.05) is 0 Å². The maximum absolute atomic E-state index is 11.0. The third kappa shape index (κ3) is 0.903. The Hall–Kier alpha value is -0.900. The van der Waals surface area contributed by atoms with Crippen LogP contribution in [0, 0.1) is 0 Å². The first-order valence-corrected chi connectivity index (χ1v) is 3.14. The minimum Gasteiger partial charge on any atom is -0.308 e. The molecule has 1 N–H and O–H groups in total. The van der Waals surface area contributed by atoms with Crippen molar-refractivity contribution in [1.82, 2.24) is 10.2 Å². The molecular weight excluding hydrogens is 132 g/mol. The summed E-state index contributed by atoms with van der Waals surface area (Å²) in [5.41, 5.74) is 0. The van der Waals surface area contributed by atoms with Crippen LogP contribution in [0.5, 0.6) is 0 Å². The molecule has 1 heterocycles. The fourth-order valence-electron chi connectivity index (χ4n) is 0.981. The maximum atomic E-state index is 11.0. The van der Waals surface area contributed by atoms with Crippen LogP contribution in [0.3, 0.4) is 0 Å². The highest BCUT2D eigenvalue weighted by atomic mass is 16.2. The molecular formula is C6H10N2O2. The number of imide groups is 1. The zero-order valence-corrected chi connectivity index (χ0v) is 6.05. The molecule has 0 aromatic rings. The normalized spacial score (nSPS) is 26.2. The molecule has 4 nitrogen and oxygen atoms in total. The second-order valence-electron chi connectivity index (χ2n) is 2.34. The number of amides is 2. The van der Waals surface area contributed by atoms with Crippen molar-refractivity contribution in [3.63, 3.8) is 0 Å². The Morgan fingerprint density at radius 2 is 2.20 bits per heavy atom. The Bertz CT molecular complexity index is 179. The van der Waals surface area contributed by atoms with Gasteiger partial charge in [-0.2, -0.15) is 0 Å². The van der Waals surface area contributed by atoms with Gasteiger partial charge in [0.05, 0.1) is 12.5 Å². The van der Waals surface area contributed by atoms with Crippen molar-refractivity contribution in [3.05, 3.63) is 0 Å². The minimum atomic E-state index is -0.294. The van der Waals surface area contributed by atoms with E-state index in [-0.39, 0.29) is 17.9 Å². The average Bonchev–Trinajstić information content (AvgIpc) is 2.17. The molecule has 0 radical (unpaired) electrons. The van der Waals surface area contributed by atoms with E-state index in [2.05, 4.69) is 5.32 Å². The van der Waals surface area contributed by atoms with Gasteiger partial charge in [0.1, 0.15) is 0 Å². The van der Waals surface area contributed by atoms with E-state index in [0.29, 0.717) is 6.42 Å². The van der Waals surface area contributed by atoms with E-state index in [0.717, 1.165) is 4.90 Å². The third-order valence-electron chi connectivity index (χ3n) is 1.73. The summed E-state index contributed by atoms with van der Waals surface area (Å²) < 4.78 is 0. The largest absolute Gasteiger partial charge is 0.308 e. The molecule has 1 aliphatic heterocycles. The minimum absolute atomic E-state index is 0.107. The summed E-state index contributed by atoms with van der Waals surface area (Å²) in [4.78, 5) is 23.0. The molecule has 1 fully saturated rings. The first-order chi connectivity index (χ1) is 4.66. The number of hydrogen-bond acceptors (Lipinski definition) is 3. The second kappa shape index (κ2) is 2.38. The summed E-state index contributed by atoms with van der Waals surface area (Å²) in [6, 6.07) is -0.294. The molecule has 0 unspecified atom stereocenters. The smallest absolute Gasteiger partial charge is 0.246 e. The van der Waals surface area contributed by atoms with Crippen LogP contribution in [-0.2, 0) is 9.59 Å². The molecule has 0 saturated carbocycles. The average molecular weight is 142 g/mol. The second-order valence-corrected chi connectivity index (χ2v) is 2.34. The van der Waals surface area contributed by atoms with Crippen molar-refractivity contribution < 1.29 is 9.59 Å². The Balaban J connectivity index is 2.71. The van der Waals surface area contributed by atoms with Gasteiger partial charge in [-0.3, -0.25) is 14.5 Å². The molecule has 0 aliphatic carbocycles. The number of nitrogens with one attached hydrogen (secondary N) is 1. The van der Waals surface area contributed by atoms with Crippen LogP contribution >= 0.6 is 0 Å². The van der Waals surface area contributed by atoms with Gasteiger partial charge >= 0.3 is 0 Å². The van der Waals surface area contributed by atoms with E-state index >= 15 is 0 Å². The van der Waals surface area contributed by atoms with Crippen molar-refractivity contribution >= 4 is 11.8 Å². The third-order valence-corrected chi connectivity index (χ3v) is 1.73. The molecule has 1 saturated heterocycles. The van der Waals surface area contributed by atoms with Crippen molar-refractivity contribution in [2.45, 2.75) is 12.5 Å². The zero-order chi connectivity index (χ0) is 7.72. The molecule has 10 heavy (non-hydrogen) atoms. The van der Waals surface area contributed by atoms with Crippen molar-refractivity contribution in [2.24, 2.45) is 0 Å². The molecule has 1 rings (SSSR count). The SMILES string of the molecule is CN[C@@H]1CC(=O)N(C)C1=O. The predicted molar refractivity (Wildman–Crippen MR) is 35.2 cm³/mol. The van der Waals surface area contributed by atoms with Crippen molar-refractivity contribution in [1.29, 1.82) is 0 Å². The Morgan fingerprint density at radius 3 is 2.40 bits per heavy atom. The lowest BCUT2D eigenvalue weighted by atomic mass is 10.2. The molecule has 0 aromatic carbocycles. The van der Waals surface area contributed by atoms with Gasteiger partial charge in [0.2, 0.25) is 11.8 Å². The highest BCUT2D eigenvalue weighted by molar-refractivity contribution is 6.05. The highest BCUT2D eigenvalue weighted by Gasteiger charge is 2.34. The number of hydrogen-bond donors (Lipinski definition) is 1. The van der Waals surface area contributed by atoms with Crippen LogP contribution in [-0.4, -0.2) is 36.9 Å². The zero-order valence-electron chi connectivity index (χ0n) is 6.05. The van der Waals surface area contributed by atoms with E-state index in [4.69, 9.17) is 0 Å². The number of likely N-dealkylation sites (N-methyl/N-ethyl adjacent to an activating group) is 2. The Labute approximate surface area is 59.2 Å². The van der Waals surface area contributed by atoms with Crippen LogP contribution in [0.4, 0.5) is 0 Å². The van der Waals surface area contributed by atoms with E-state index in [1.54, 1.807) is 7.05 Å². The molecule has 56 valence electrons. The maximum Gasteiger partial charge on any atom is 0.246 e. The molecule has 2 amide bonds. The number of carbonyl (C=O) groups excluding carboxylic acids is 2. The first kappa shape index (κ1) is 7.21. The summed E-state index contributed by atoms with van der Waals surface area (Å²) in [5, 5.41) is 2.76. The molecule has 0 aromatic heterocycles. The van der Waals surface area contributed by atoms with Gasteiger partial charge < -0.3 is 5.32 Å². The van der Waals surface area contributed by atoms with Crippen LogP contribution in [0.15, 0.2) is 0 Å². The van der Waals surface area contributed by atoms with Crippen LogP contribution in [0.1, 0.15) is 6.42 Å². The topological polar surface area (TPSA) is 49.4 Å². The standard InChI is InChI=1S/C6H10N2O2/c1-7-4-3-5(9)8(2)6(4)10/h4,7H,3H2,1-2H3/t4-/m1/s1. The van der Waals surface area contributed by atoms with E-state index in [1.807, 2.05) is 0 Å². The lowest BCUT2D eigenvalue weighted by molar-refractivity contribution is -0.137. The van der Waals surface area contributed by atoms with Gasteiger partial charge in [-0.05, 0) is 7.05 Å². The van der Waals surface area contributed by atoms with Crippen LogP contribution in [0.25, 0.3) is 0 Å².